The third-order valence-corrected chi connectivity index (χ3v) is 4.03. The second-order valence-corrected chi connectivity index (χ2v) is 6.19. The zero-order valence-electron chi connectivity index (χ0n) is 15.1. The standard InChI is InChI=1S/C20H18F2N4O/c1-11-4-5-14(8-12(11)2)26-20(27)18-10-19(24-13(3)23-18)25-15-6-7-16(21)17(22)9-15/h4-10H,1-3H3,(H,26,27)(H,23,24,25). The number of aryl methyl sites for hydroxylation is 3. The van der Waals surface area contributed by atoms with Crippen LogP contribution in [0.5, 0.6) is 0 Å². The van der Waals surface area contributed by atoms with Gasteiger partial charge in [-0.25, -0.2) is 18.7 Å². The molecule has 0 unspecified atom stereocenters. The Hall–Kier alpha value is -3.35. The predicted octanol–water partition coefficient (Wildman–Crippen LogP) is 4.68. The molecule has 0 aliphatic rings. The highest BCUT2D eigenvalue weighted by Crippen LogP contribution is 2.19. The zero-order chi connectivity index (χ0) is 19.6. The van der Waals surface area contributed by atoms with E-state index in [1.54, 1.807) is 6.92 Å². The number of carbonyl (C=O) groups excluding carboxylic acids is 1. The van der Waals surface area contributed by atoms with Gasteiger partial charge in [-0.15, -0.1) is 0 Å². The van der Waals surface area contributed by atoms with E-state index in [2.05, 4.69) is 20.6 Å². The van der Waals surface area contributed by atoms with E-state index in [0.717, 1.165) is 23.3 Å². The Morgan fingerprint density at radius 1 is 0.852 bits per heavy atom. The number of hydrogen-bond donors (Lipinski definition) is 2. The number of benzene rings is 2. The molecule has 1 amide bonds. The summed E-state index contributed by atoms with van der Waals surface area (Å²) in [5.41, 5.74) is 3.32. The third kappa shape index (κ3) is 4.44. The molecule has 2 aromatic carbocycles. The van der Waals surface area contributed by atoms with E-state index in [0.29, 0.717) is 23.0 Å². The number of nitrogens with one attached hydrogen (secondary N) is 2. The van der Waals surface area contributed by atoms with Crippen LogP contribution < -0.4 is 10.6 Å². The van der Waals surface area contributed by atoms with Crippen LogP contribution in [-0.4, -0.2) is 15.9 Å². The van der Waals surface area contributed by atoms with Gasteiger partial charge in [0.25, 0.3) is 5.91 Å². The molecule has 0 fully saturated rings. The average Bonchev–Trinajstić information content (AvgIpc) is 2.61. The van der Waals surface area contributed by atoms with Crippen molar-refractivity contribution in [1.29, 1.82) is 0 Å². The quantitative estimate of drug-likeness (QED) is 0.702. The number of anilines is 3. The van der Waals surface area contributed by atoms with Crippen molar-refractivity contribution in [1.82, 2.24) is 9.97 Å². The summed E-state index contributed by atoms with van der Waals surface area (Å²) in [6.07, 6.45) is 0. The van der Waals surface area contributed by atoms with Crippen molar-refractivity contribution in [2.45, 2.75) is 20.8 Å². The van der Waals surface area contributed by atoms with Crippen LogP contribution in [0.4, 0.5) is 26.0 Å². The summed E-state index contributed by atoms with van der Waals surface area (Å²) in [5.74, 6) is -1.63. The molecule has 1 aromatic heterocycles. The summed E-state index contributed by atoms with van der Waals surface area (Å²) in [6.45, 7) is 5.60. The number of halogens is 2. The second kappa shape index (κ2) is 7.49. The van der Waals surface area contributed by atoms with E-state index >= 15 is 0 Å². The van der Waals surface area contributed by atoms with Gasteiger partial charge >= 0.3 is 0 Å². The van der Waals surface area contributed by atoms with E-state index in [1.165, 1.54) is 12.1 Å². The molecule has 2 N–H and O–H groups in total. The van der Waals surface area contributed by atoms with E-state index in [4.69, 9.17) is 0 Å². The minimum atomic E-state index is -0.974. The van der Waals surface area contributed by atoms with Crippen molar-refractivity contribution in [3.63, 3.8) is 0 Å². The molecular weight excluding hydrogens is 350 g/mol. The van der Waals surface area contributed by atoms with Crippen LogP contribution in [-0.2, 0) is 0 Å². The highest BCUT2D eigenvalue weighted by Gasteiger charge is 2.12. The number of carbonyl (C=O) groups is 1. The van der Waals surface area contributed by atoms with Crippen molar-refractivity contribution >= 4 is 23.1 Å². The first kappa shape index (κ1) is 18.4. The molecule has 7 heteroatoms. The lowest BCUT2D eigenvalue weighted by Crippen LogP contribution is -2.15. The molecule has 0 aliphatic heterocycles. The van der Waals surface area contributed by atoms with E-state index in [-0.39, 0.29) is 5.69 Å². The number of nitrogens with zero attached hydrogens (tertiary/aromatic N) is 2. The van der Waals surface area contributed by atoms with Crippen LogP contribution in [0.1, 0.15) is 27.4 Å². The van der Waals surface area contributed by atoms with Crippen molar-refractivity contribution in [3.8, 4) is 0 Å². The van der Waals surface area contributed by atoms with Gasteiger partial charge in [0.1, 0.15) is 17.3 Å². The molecule has 0 spiro atoms. The normalized spacial score (nSPS) is 10.6. The summed E-state index contributed by atoms with van der Waals surface area (Å²) in [6, 6.07) is 10.5. The molecule has 0 atom stereocenters. The number of rotatable bonds is 4. The summed E-state index contributed by atoms with van der Waals surface area (Å²) in [7, 11) is 0. The molecule has 3 rings (SSSR count). The zero-order valence-corrected chi connectivity index (χ0v) is 15.1. The molecule has 138 valence electrons. The first-order chi connectivity index (χ1) is 12.8. The average molecular weight is 368 g/mol. The monoisotopic (exact) mass is 368 g/mol. The molecule has 5 nitrogen and oxygen atoms in total. The Balaban J connectivity index is 1.82. The van der Waals surface area contributed by atoms with Gasteiger partial charge in [-0.05, 0) is 56.2 Å². The van der Waals surface area contributed by atoms with Gasteiger partial charge in [0.2, 0.25) is 0 Å². The first-order valence-corrected chi connectivity index (χ1v) is 8.28. The van der Waals surface area contributed by atoms with Gasteiger partial charge in [0, 0.05) is 23.5 Å². The van der Waals surface area contributed by atoms with Gasteiger partial charge in [-0.2, -0.15) is 0 Å². The molecule has 0 aliphatic carbocycles. The Labute approximate surface area is 155 Å². The van der Waals surface area contributed by atoms with Gasteiger partial charge in [0.05, 0.1) is 0 Å². The lowest BCUT2D eigenvalue weighted by Gasteiger charge is -2.10. The van der Waals surface area contributed by atoms with Crippen LogP contribution in [0, 0.1) is 32.4 Å². The maximum Gasteiger partial charge on any atom is 0.274 e. The molecule has 1 heterocycles. The van der Waals surface area contributed by atoms with E-state index in [9.17, 15) is 13.6 Å². The van der Waals surface area contributed by atoms with Crippen molar-refractivity contribution in [2.75, 3.05) is 10.6 Å². The molecular formula is C20H18F2N4O. The third-order valence-electron chi connectivity index (χ3n) is 4.03. The van der Waals surface area contributed by atoms with E-state index < -0.39 is 17.5 Å². The fourth-order valence-electron chi connectivity index (χ4n) is 2.48. The summed E-state index contributed by atoms with van der Waals surface area (Å²) < 4.78 is 26.4. The Bertz CT molecular complexity index is 1020. The lowest BCUT2D eigenvalue weighted by molar-refractivity contribution is 0.102. The smallest absolute Gasteiger partial charge is 0.274 e. The largest absolute Gasteiger partial charge is 0.340 e. The molecule has 27 heavy (non-hydrogen) atoms. The maximum absolute atomic E-state index is 13.4. The first-order valence-electron chi connectivity index (χ1n) is 8.28. The Morgan fingerprint density at radius 2 is 1.59 bits per heavy atom. The molecule has 0 saturated heterocycles. The Kier molecular flexibility index (Phi) is 5.12. The van der Waals surface area contributed by atoms with Gasteiger partial charge in [-0.3, -0.25) is 4.79 Å². The van der Waals surface area contributed by atoms with Crippen LogP contribution in [0.25, 0.3) is 0 Å². The molecule has 0 bridgehead atoms. The van der Waals surface area contributed by atoms with Crippen molar-refractivity contribution in [2.24, 2.45) is 0 Å². The minimum Gasteiger partial charge on any atom is -0.340 e. The number of aromatic nitrogens is 2. The molecule has 0 saturated carbocycles. The lowest BCUT2D eigenvalue weighted by atomic mass is 10.1. The Morgan fingerprint density at radius 3 is 2.30 bits per heavy atom. The van der Waals surface area contributed by atoms with Gasteiger partial charge in [0.15, 0.2) is 11.6 Å². The highest BCUT2D eigenvalue weighted by molar-refractivity contribution is 6.03. The summed E-state index contributed by atoms with van der Waals surface area (Å²) >= 11 is 0. The van der Waals surface area contributed by atoms with Crippen molar-refractivity contribution < 1.29 is 13.6 Å². The molecule has 0 radical (unpaired) electrons. The van der Waals surface area contributed by atoms with Crippen LogP contribution >= 0.6 is 0 Å². The fourth-order valence-corrected chi connectivity index (χ4v) is 2.48. The van der Waals surface area contributed by atoms with Gasteiger partial charge < -0.3 is 10.6 Å². The van der Waals surface area contributed by atoms with Crippen LogP contribution in [0.2, 0.25) is 0 Å². The maximum atomic E-state index is 13.4. The van der Waals surface area contributed by atoms with Crippen molar-refractivity contribution in [3.05, 3.63) is 76.7 Å². The topological polar surface area (TPSA) is 66.9 Å². The summed E-state index contributed by atoms with van der Waals surface area (Å²) in [4.78, 5) is 20.9. The number of hydrogen-bond acceptors (Lipinski definition) is 4. The van der Waals surface area contributed by atoms with E-state index in [1.807, 2.05) is 32.0 Å². The highest BCUT2D eigenvalue weighted by atomic mass is 19.2. The molecule has 3 aromatic rings. The van der Waals surface area contributed by atoms with Gasteiger partial charge in [-0.1, -0.05) is 6.07 Å². The predicted molar refractivity (Wildman–Crippen MR) is 100 cm³/mol. The number of amides is 1. The van der Waals surface area contributed by atoms with Crippen LogP contribution in [0.3, 0.4) is 0 Å². The van der Waals surface area contributed by atoms with Crippen LogP contribution in [0.15, 0.2) is 42.5 Å². The SMILES string of the molecule is Cc1nc(Nc2ccc(F)c(F)c2)cc(C(=O)Nc2ccc(C)c(C)c2)n1. The summed E-state index contributed by atoms with van der Waals surface area (Å²) in [5, 5.41) is 5.65. The second-order valence-electron chi connectivity index (χ2n) is 6.19. The fraction of sp³-hybridized carbons (Fsp3) is 0.150. The minimum absolute atomic E-state index is 0.158.